The highest BCUT2D eigenvalue weighted by atomic mass is 35.5. The molecular formula is C12H15ClN2O. The van der Waals surface area contributed by atoms with Gasteiger partial charge >= 0.3 is 6.03 Å². The fourth-order valence-electron chi connectivity index (χ4n) is 1.88. The first-order valence-electron chi connectivity index (χ1n) is 5.49. The lowest BCUT2D eigenvalue weighted by atomic mass is 10.2. The Hall–Kier alpha value is -1.22. The molecule has 2 rings (SSSR count). The number of nitrogens with zero attached hydrogens (tertiary/aromatic N) is 1. The maximum atomic E-state index is 11.8. The van der Waals surface area contributed by atoms with E-state index in [4.69, 9.17) is 11.6 Å². The van der Waals surface area contributed by atoms with E-state index in [1.54, 1.807) is 6.07 Å². The third kappa shape index (κ3) is 2.47. The first kappa shape index (κ1) is 11.3. The molecule has 2 amide bonds. The van der Waals surface area contributed by atoms with E-state index in [2.05, 4.69) is 5.32 Å². The minimum Gasteiger partial charge on any atom is -0.325 e. The van der Waals surface area contributed by atoms with E-state index in [1.807, 2.05) is 24.0 Å². The molecule has 1 saturated heterocycles. The van der Waals surface area contributed by atoms with Gasteiger partial charge in [-0.1, -0.05) is 11.6 Å². The van der Waals surface area contributed by atoms with Crippen molar-refractivity contribution in [3.8, 4) is 0 Å². The summed E-state index contributed by atoms with van der Waals surface area (Å²) in [5.74, 6) is 0. The SMILES string of the molecule is Cc1cc(Cl)ccc1NC(=O)N1CCCC1. The molecule has 0 atom stereocenters. The van der Waals surface area contributed by atoms with Gasteiger partial charge in [-0.25, -0.2) is 4.79 Å². The number of carbonyl (C=O) groups is 1. The quantitative estimate of drug-likeness (QED) is 0.800. The van der Waals surface area contributed by atoms with Gasteiger partial charge in [0, 0.05) is 23.8 Å². The van der Waals surface area contributed by atoms with Gasteiger partial charge in [0.25, 0.3) is 0 Å². The first-order chi connectivity index (χ1) is 7.66. The van der Waals surface area contributed by atoms with E-state index in [0.717, 1.165) is 37.2 Å². The third-order valence-corrected chi connectivity index (χ3v) is 3.06. The number of benzene rings is 1. The maximum Gasteiger partial charge on any atom is 0.321 e. The number of halogens is 1. The number of nitrogens with one attached hydrogen (secondary N) is 1. The molecule has 1 aromatic rings. The van der Waals surface area contributed by atoms with Crippen LogP contribution in [-0.4, -0.2) is 24.0 Å². The summed E-state index contributed by atoms with van der Waals surface area (Å²) in [6.07, 6.45) is 2.21. The molecular weight excluding hydrogens is 224 g/mol. The third-order valence-electron chi connectivity index (χ3n) is 2.82. The molecule has 16 heavy (non-hydrogen) atoms. The van der Waals surface area contributed by atoms with E-state index in [0.29, 0.717) is 5.02 Å². The summed E-state index contributed by atoms with van der Waals surface area (Å²) < 4.78 is 0. The normalized spacial score (nSPS) is 15.2. The van der Waals surface area contributed by atoms with E-state index < -0.39 is 0 Å². The van der Waals surface area contributed by atoms with Crippen LogP contribution in [0.2, 0.25) is 5.02 Å². The van der Waals surface area contributed by atoms with E-state index in [9.17, 15) is 4.79 Å². The second kappa shape index (κ2) is 4.74. The summed E-state index contributed by atoms with van der Waals surface area (Å²) in [7, 11) is 0. The molecule has 4 heteroatoms. The van der Waals surface area contributed by atoms with Gasteiger partial charge in [-0.15, -0.1) is 0 Å². The van der Waals surface area contributed by atoms with Gasteiger partial charge in [0.05, 0.1) is 0 Å². The van der Waals surface area contributed by atoms with Gasteiger partial charge < -0.3 is 10.2 Å². The highest BCUT2D eigenvalue weighted by Gasteiger charge is 2.18. The molecule has 1 aliphatic rings. The number of hydrogen-bond acceptors (Lipinski definition) is 1. The van der Waals surface area contributed by atoms with E-state index in [-0.39, 0.29) is 6.03 Å². The van der Waals surface area contributed by atoms with Crippen LogP contribution in [0.25, 0.3) is 0 Å². The number of likely N-dealkylation sites (tertiary alicyclic amines) is 1. The Labute approximate surface area is 100 Å². The molecule has 0 radical (unpaired) electrons. The van der Waals surface area contributed by atoms with Gasteiger partial charge in [-0.2, -0.15) is 0 Å². The van der Waals surface area contributed by atoms with Crippen molar-refractivity contribution in [3.05, 3.63) is 28.8 Å². The molecule has 0 unspecified atom stereocenters. The minimum absolute atomic E-state index is 0.0112. The second-order valence-electron chi connectivity index (χ2n) is 4.08. The number of carbonyl (C=O) groups excluding carboxylic acids is 1. The minimum atomic E-state index is -0.0112. The van der Waals surface area contributed by atoms with Crippen molar-refractivity contribution in [2.75, 3.05) is 18.4 Å². The standard InChI is InChI=1S/C12H15ClN2O/c1-9-8-10(13)4-5-11(9)14-12(16)15-6-2-3-7-15/h4-5,8H,2-3,6-7H2,1H3,(H,14,16). The lowest BCUT2D eigenvalue weighted by Crippen LogP contribution is -2.32. The molecule has 86 valence electrons. The Kier molecular flexibility index (Phi) is 3.34. The molecule has 0 saturated carbocycles. The Morgan fingerprint density at radius 1 is 1.38 bits per heavy atom. The number of hydrogen-bond donors (Lipinski definition) is 1. The van der Waals surface area contributed by atoms with Crippen LogP contribution in [0.3, 0.4) is 0 Å². The molecule has 0 aromatic heterocycles. The van der Waals surface area contributed by atoms with Crippen LogP contribution in [0, 0.1) is 6.92 Å². The van der Waals surface area contributed by atoms with Crippen LogP contribution in [0.1, 0.15) is 18.4 Å². The molecule has 1 heterocycles. The van der Waals surface area contributed by atoms with Crippen LogP contribution in [0.5, 0.6) is 0 Å². The fraction of sp³-hybridized carbons (Fsp3) is 0.417. The van der Waals surface area contributed by atoms with Crippen molar-refractivity contribution >= 4 is 23.3 Å². The van der Waals surface area contributed by atoms with Gasteiger partial charge in [-0.05, 0) is 43.5 Å². The monoisotopic (exact) mass is 238 g/mol. The van der Waals surface area contributed by atoms with Crippen molar-refractivity contribution in [2.45, 2.75) is 19.8 Å². The largest absolute Gasteiger partial charge is 0.325 e. The van der Waals surface area contributed by atoms with Crippen LogP contribution >= 0.6 is 11.6 Å². The summed E-state index contributed by atoms with van der Waals surface area (Å²) in [6.45, 7) is 3.66. The summed E-state index contributed by atoms with van der Waals surface area (Å²) in [5, 5.41) is 3.60. The summed E-state index contributed by atoms with van der Waals surface area (Å²) in [4.78, 5) is 13.7. The summed E-state index contributed by atoms with van der Waals surface area (Å²) >= 11 is 5.86. The number of anilines is 1. The fourth-order valence-corrected chi connectivity index (χ4v) is 2.11. The summed E-state index contributed by atoms with van der Waals surface area (Å²) in [6, 6.07) is 5.46. The van der Waals surface area contributed by atoms with Crippen LogP contribution in [0.15, 0.2) is 18.2 Å². The molecule has 3 nitrogen and oxygen atoms in total. The van der Waals surface area contributed by atoms with Crippen LogP contribution in [0.4, 0.5) is 10.5 Å². The number of aryl methyl sites for hydroxylation is 1. The van der Waals surface area contributed by atoms with Gasteiger partial charge in [0.1, 0.15) is 0 Å². The predicted molar refractivity (Wildman–Crippen MR) is 66.0 cm³/mol. The molecule has 0 bridgehead atoms. The molecule has 0 spiro atoms. The zero-order valence-corrected chi connectivity index (χ0v) is 10.0. The lowest BCUT2D eigenvalue weighted by molar-refractivity contribution is 0.222. The average molecular weight is 239 g/mol. The Bertz CT molecular complexity index is 400. The Balaban J connectivity index is 2.05. The molecule has 1 fully saturated rings. The van der Waals surface area contributed by atoms with Crippen LogP contribution in [-0.2, 0) is 0 Å². The van der Waals surface area contributed by atoms with Crippen molar-refractivity contribution in [1.29, 1.82) is 0 Å². The molecule has 1 N–H and O–H groups in total. The van der Waals surface area contributed by atoms with E-state index >= 15 is 0 Å². The number of amides is 2. The van der Waals surface area contributed by atoms with Crippen molar-refractivity contribution in [2.24, 2.45) is 0 Å². The zero-order valence-electron chi connectivity index (χ0n) is 9.29. The molecule has 1 aromatic carbocycles. The van der Waals surface area contributed by atoms with E-state index in [1.165, 1.54) is 0 Å². The average Bonchev–Trinajstić information content (AvgIpc) is 2.75. The second-order valence-corrected chi connectivity index (χ2v) is 4.52. The highest BCUT2D eigenvalue weighted by Crippen LogP contribution is 2.20. The zero-order chi connectivity index (χ0) is 11.5. The lowest BCUT2D eigenvalue weighted by Gasteiger charge is -2.17. The van der Waals surface area contributed by atoms with Crippen LogP contribution < -0.4 is 5.32 Å². The number of rotatable bonds is 1. The number of urea groups is 1. The topological polar surface area (TPSA) is 32.3 Å². The van der Waals surface area contributed by atoms with Gasteiger partial charge in [-0.3, -0.25) is 0 Å². The van der Waals surface area contributed by atoms with Gasteiger partial charge in [0.15, 0.2) is 0 Å². The smallest absolute Gasteiger partial charge is 0.321 e. The van der Waals surface area contributed by atoms with Crippen molar-refractivity contribution in [3.63, 3.8) is 0 Å². The Morgan fingerprint density at radius 3 is 2.69 bits per heavy atom. The highest BCUT2D eigenvalue weighted by molar-refractivity contribution is 6.30. The van der Waals surface area contributed by atoms with Crippen molar-refractivity contribution < 1.29 is 4.79 Å². The summed E-state index contributed by atoms with van der Waals surface area (Å²) in [5.41, 5.74) is 1.82. The first-order valence-corrected chi connectivity index (χ1v) is 5.87. The van der Waals surface area contributed by atoms with Gasteiger partial charge in [0.2, 0.25) is 0 Å². The molecule has 1 aliphatic heterocycles. The molecule has 0 aliphatic carbocycles. The Morgan fingerprint density at radius 2 is 2.06 bits per heavy atom. The van der Waals surface area contributed by atoms with Crippen molar-refractivity contribution in [1.82, 2.24) is 4.90 Å². The predicted octanol–water partition coefficient (Wildman–Crippen LogP) is 3.28. The maximum absolute atomic E-state index is 11.8.